The maximum absolute atomic E-state index is 6.03. The van der Waals surface area contributed by atoms with Crippen LogP contribution in [0.4, 0.5) is 0 Å². The maximum Gasteiger partial charge on any atom is 0.122 e. The zero-order valence-electron chi connectivity index (χ0n) is 13.3. The van der Waals surface area contributed by atoms with Gasteiger partial charge in [-0.2, -0.15) is 0 Å². The van der Waals surface area contributed by atoms with Crippen molar-refractivity contribution in [1.29, 1.82) is 0 Å². The molecule has 0 aliphatic carbocycles. The minimum Gasteiger partial charge on any atom is -0.489 e. The summed E-state index contributed by atoms with van der Waals surface area (Å²) >= 11 is 0. The van der Waals surface area contributed by atoms with Crippen molar-refractivity contribution >= 4 is 0 Å². The molecule has 0 N–H and O–H groups in total. The van der Waals surface area contributed by atoms with Crippen molar-refractivity contribution < 1.29 is 9.47 Å². The lowest BCUT2D eigenvalue weighted by Gasteiger charge is -2.17. The van der Waals surface area contributed by atoms with E-state index in [-0.39, 0.29) is 0 Å². The van der Waals surface area contributed by atoms with Gasteiger partial charge in [0.05, 0.1) is 6.61 Å². The first-order valence-corrected chi connectivity index (χ1v) is 7.38. The summed E-state index contributed by atoms with van der Waals surface area (Å²) in [5.41, 5.74) is 4.91. The van der Waals surface area contributed by atoms with E-state index in [4.69, 9.17) is 9.47 Å². The highest BCUT2D eigenvalue weighted by Gasteiger charge is 2.11. The fourth-order valence-electron chi connectivity index (χ4n) is 2.50. The van der Waals surface area contributed by atoms with Crippen molar-refractivity contribution in [3.8, 4) is 5.75 Å². The first-order valence-electron chi connectivity index (χ1n) is 7.38. The molecule has 2 heteroatoms. The minimum absolute atomic E-state index is 0.369. The predicted octanol–water partition coefficient (Wildman–Crippen LogP) is 4.63. The molecule has 0 amide bonds. The van der Waals surface area contributed by atoms with Crippen LogP contribution in [0.15, 0.2) is 42.5 Å². The van der Waals surface area contributed by atoms with E-state index < -0.39 is 0 Å². The number of ether oxygens (including phenoxy) is 2. The monoisotopic (exact) mass is 284 g/mol. The Morgan fingerprint density at radius 2 is 1.81 bits per heavy atom. The molecule has 0 saturated heterocycles. The molecule has 0 saturated carbocycles. The Balaban J connectivity index is 2.14. The number of hydrogen-bond acceptors (Lipinski definition) is 2. The average Bonchev–Trinajstić information content (AvgIpc) is 2.49. The van der Waals surface area contributed by atoms with Crippen molar-refractivity contribution in [1.82, 2.24) is 0 Å². The Morgan fingerprint density at radius 3 is 2.57 bits per heavy atom. The molecule has 2 aromatic carbocycles. The third-order valence-electron chi connectivity index (χ3n) is 3.73. The molecule has 0 aliphatic heterocycles. The Kier molecular flexibility index (Phi) is 5.40. The summed E-state index contributed by atoms with van der Waals surface area (Å²) in [5, 5.41) is 0. The van der Waals surface area contributed by atoms with E-state index in [2.05, 4.69) is 63.2 Å². The van der Waals surface area contributed by atoms with Crippen LogP contribution in [0, 0.1) is 13.8 Å². The molecule has 0 radical (unpaired) electrons. The van der Waals surface area contributed by atoms with Crippen LogP contribution in [-0.2, 0) is 11.3 Å². The lowest BCUT2D eigenvalue weighted by Crippen LogP contribution is -2.07. The SMILES string of the molecule is COCC(C)c1ccccc1COc1cc(C)ccc1C. The molecular weight excluding hydrogens is 260 g/mol. The first-order chi connectivity index (χ1) is 10.1. The molecule has 2 aromatic rings. The second kappa shape index (κ2) is 7.28. The van der Waals surface area contributed by atoms with Crippen molar-refractivity contribution in [2.24, 2.45) is 0 Å². The Hall–Kier alpha value is -1.80. The molecule has 0 spiro atoms. The highest BCUT2D eigenvalue weighted by atomic mass is 16.5. The van der Waals surface area contributed by atoms with E-state index in [9.17, 15) is 0 Å². The smallest absolute Gasteiger partial charge is 0.122 e. The van der Waals surface area contributed by atoms with Gasteiger partial charge in [0.15, 0.2) is 0 Å². The summed E-state index contributed by atoms with van der Waals surface area (Å²) < 4.78 is 11.3. The molecule has 0 aromatic heterocycles. The van der Waals surface area contributed by atoms with Gasteiger partial charge in [-0.05, 0) is 42.2 Å². The molecule has 0 heterocycles. The topological polar surface area (TPSA) is 18.5 Å². The van der Waals surface area contributed by atoms with Crippen LogP contribution in [0.2, 0.25) is 0 Å². The van der Waals surface area contributed by atoms with Gasteiger partial charge in [0.2, 0.25) is 0 Å². The van der Waals surface area contributed by atoms with Gasteiger partial charge in [-0.3, -0.25) is 0 Å². The van der Waals surface area contributed by atoms with Crippen LogP contribution in [0.1, 0.15) is 35.1 Å². The summed E-state index contributed by atoms with van der Waals surface area (Å²) in [5.74, 6) is 1.33. The number of methoxy groups -OCH3 is 1. The lowest BCUT2D eigenvalue weighted by atomic mass is 9.97. The van der Waals surface area contributed by atoms with Crippen molar-refractivity contribution in [3.63, 3.8) is 0 Å². The van der Waals surface area contributed by atoms with E-state index in [0.29, 0.717) is 12.5 Å². The molecular formula is C19H24O2. The molecule has 0 aliphatic rings. The zero-order valence-corrected chi connectivity index (χ0v) is 13.3. The number of aryl methyl sites for hydroxylation is 2. The van der Waals surface area contributed by atoms with Gasteiger partial charge in [0.25, 0.3) is 0 Å². The van der Waals surface area contributed by atoms with Crippen LogP contribution in [0.5, 0.6) is 5.75 Å². The van der Waals surface area contributed by atoms with E-state index >= 15 is 0 Å². The molecule has 2 rings (SSSR count). The fourth-order valence-corrected chi connectivity index (χ4v) is 2.50. The van der Waals surface area contributed by atoms with Crippen molar-refractivity contribution in [2.45, 2.75) is 33.3 Å². The Bertz CT molecular complexity index is 590. The van der Waals surface area contributed by atoms with Crippen LogP contribution >= 0.6 is 0 Å². The van der Waals surface area contributed by atoms with Crippen molar-refractivity contribution in [3.05, 3.63) is 64.7 Å². The van der Waals surface area contributed by atoms with Gasteiger partial charge in [0.1, 0.15) is 12.4 Å². The summed E-state index contributed by atoms with van der Waals surface area (Å²) in [6, 6.07) is 14.7. The van der Waals surface area contributed by atoms with Crippen LogP contribution in [-0.4, -0.2) is 13.7 Å². The summed E-state index contributed by atoms with van der Waals surface area (Å²) in [7, 11) is 1.74. The Morgan fingerprint density at radius 1 is 1.05 bits per heavy atom. The lowest BCUT2D eigenvalue weighted by molar-refractivity contribution is 0.183. The van der Waals surface area contributed by atoms with Gasteiger partial charge in [0, 0.05) is 13.0 Å². The van der Waals surface area contributed by atoms with Gasteiger partial charge in [-0.1, -0.05) is 43.3 Å². The zero-order chi connectivity index (χ0) is 15.2. The average molecular weight is 284 g/mol. The van der Waals surface area contributed by atoms with Gasteiger partial charge in [-0.15, -0.1) is 0 Å². The maximum atomic E-state index is 6.03. The molecule has 0 bridgehead atoms. The van der Waals surface area contributed by atoms with Gasteiger partial charge in [-0.25, -0.2) is 0 Å². The van der Waals surface area contributed by atoms with E-state index in [0.717, 1.165) is 12.4 Å². The summed E-state index contributed by atoms with van der Waals surface area (Å²) in [4.78, 5) is 0. The molecule has 2 nitrogen and oxygen atoms in total. The predicted molar refractivity (Wildman–Crippen MR) is 87.0 cm³/mol. The standard InChI is InChI=1S/C19H24O2/c1-14-9-10-15(2)19(11-14)21-13-17-7-5-6-8-18(17)16(3)12-20-4/h5-11,16H,12-13H2,1-4H3. The number of rotatable bonds is 6. The number of benzene rings is 2. The first kappa shape index (κ1) is 15.6. The third-order valence-corrected chi connectivity index (χ3v) is 3.73. The molecule has 0 fully saturated rings. The summed E-state index contributed by atoms with van der Waals surface area (Å²) in [6.07, 6.45) is 0. The minimum atomic E-state index is 0.369. The summed E-state index contributed by atoms with van der Waals surface area (Å²) in [6.45, 7) is 7.66. The van der Waals surface area contributed by atoms with E-state index in [1.54, 1.807) is 7.11 Å². The van der Waals surface area contributed by atoms with E-state index in [1.807, 2.05) is 0 Å². The van der Waals surface area contributed by atoms with Crippen LogP contribution in [0.25, 0.3) is 0 Å². The van der Waals surface area contributed by atoms with Crippen molar-refractivity contribution in [2.75, 3.05) is 13.7 Å². The second-order valence-corrected chi connectivity index (χ2v) is 5.61. The normalized spacial score (nSPS) is 12.2. The van der Waals surface area contributed by atoms with Crippen LogP contribution < -0.4 is 4.74 Å². The molecule has 112 valence electrons. The highest BCUT2D eigenvalue weighted by molar-refractivity contribution is 5.37. The third kappa shape index (κ3) is 4.08. The van der Waals surface area contributed by atoms with E-state index in [1.165, 1.54) is 22.3 Å². The fraction of sp³-hybridized carbons (Fsp3) is 0.368. The highest BCUT2D eigenvalue weighted by Crippen LogP contribution is 2.24. The second-order valence-electron chi connectivity index (χ2n) is 5.61. The molecule has 1 unspecified atom stereocenters. The number of hydrogen-bond donors (Lipinski definition) is 0. The molecule has 21 heavy (non-hydrogen) atoms. The Labute approximate surface area is 127 Å². The van der Waals surface area contributed by atoms with Crippen LogP contribution in [0.3, 0.4) is 0 Å². The van der Waals surface area contributed by atoms with Gasteiger partial charge >= 0.3 is 0 Å². The van der Waals surface area contributed by atoms with Gasteiger partial charge < -0.3 is 9.47 Å². The molecule has 1 atom stereocenters. The largest absolute Gasteiger partial charge is 0.489 e. The quantitative estimate of drug-likeness (QED) is 0.770.